The van der Waals surface area contributed by atoms with E-state index >= 15 is 0 Å². The molecule has 2 rings (SSSR count). The van der Waals surface area contributed by atoms with Crippen molar-refractivity contribution in [2.24, 2.45) is 5.10 Å². The molecule has 0 aliphatic rings. The smallest absolute Gasteiger partial charge is 0.190 e. The van der Waals surface area contributed by atoms with E-state index in [0.29, 0.717) is 5.56 Å². The van der Waals surface area contributed by atoms with E-state index in [2.05, 4.69) is 15.3 Å². The standard InChI is InChI=1S/C14H12F2N2O/c1-19-14-12(15)7-10(8-13(14)16)9-17-18-11-5-3-2-4-6-11/h2-9,18H,1H3. The maximum Gasteiger partial charge on any atom is 0.190 e. The van der Waals surface area contributed by atoms with E-state index < -0.39 is 17.4 Å². The van der Waals surface area contributed by atoms with Crippen LogP contribution in [0.3, 0.4) is 0 Å². The molecule has 0 atom stereocenters. The van der Waals surface area contributed by atoms with E-state index in [1.54, 1.807) is 0 Å². The molecule has 0 amide bonds. The Morgan fingerprint density at radius 3 is 2.32 bits per heavy atom. The fraction of sp³-hybridized carbons (Fsp3) is 0.0714. The van der Waals surface area contributed by atoms with Gasteiger partial charge in [-0.2, -0.15) is 5.10 Å². The van der Waals surface area contributed by atoms with Crippen LogP contribution in [0, 0.1) is 11.6 Å². The summed E-state index contributed by atoms with van der Waals surface area (Å²) in [5, 5.41) is 3.90. The number of ether oxygens (including phenoxy) is 1. The van der Waals surface area contributed by atoms with Crippen molar-refractivity contribution in [1.29, 1.82) is 0 Å². The monoisotopic (exact) mass is 262 g/mol. The number of benzene rings is 2. The Kier molecular flexibility index (Phi) is 4.07. The zero-order valence-corrected chi connectivity index (χ0v) is 10.2. The van der Waals surface area contributed by atoms with Crippen molar-refractivity contribution in [3.05, 3.63) is 59.7 Å². The molecule has 2 aromatic carbocycles. The van der Waals surface area contributed by atoms with Gasteiger partial charge in [-0.3, -0.25) is 5.43 Å². The third-order valence-corrected chi connectivity index (χ3v) is 2.41. The summed E-state index contributed by atoms with van der Waals surface area (Å²) in [6, 6.07) is 11.5. The van der Waals surface area contributed by atoms with Crippen LogP contribution in [-0.4, -0.2) is 13.3 Å². The second-order valence-corrected chi connectivity index (χ2v) is 3.75. The minimum atomic E-state index is -0.760. The normalized spacial score (nSPS) is 10.7. The summed E-state index contributed by atoms with van der Waals surface area (Å²) in [7, 11) is 1.21. The molecule has 1 N–H and O–H groups in total. The number of hydrogen-bond donors (Lipinski definition) is 1. The molecular weight excluding hydrogens is 250 g/mol. The van der Waals surface area contributed by atoms with Crippen LogP contribution in [0.25, 0.3) is 0 Å². The topological polar surface area (TPSA) is 33.6 Å². The zero-order valence-electron chi connectivity index (χ0n) is 10.2. The lowest BCUT2D eigenvalue weighted by Gasteiger charge is -2.04. The van der Waals surface area contributed by atoms with Crippen molar-refractivity contribution in [2.45, 2.75) is 0 Å². The highest BCUT2D eigenvalue weighted by Crippen LogP contribution is 2.22. The number of methoxy groups -OCH3 is 1. The number of nitrogens with zero attached hydrogens (tertiary/aromatic N) is 1. The van der Waals surface area contributed by atoms with Crippen LogP contribution in [0.5, 0.6) is 5.75 Å². The molecule has 0 heterocycles. The van der Waals surface area contributed by atoms with Gasteiger partial charge in [0.05, 0.1) is 19.0 Å². The summed E-state index contributed by atoms with van der Waals surface area (Å²) in [6.45, 7) is 0. The number of para-hydroxylation sites is 1. The van der Waals surface area contributed by atoms with E-state index in [1.165, 1.54) is 13.3 Å². The van der Waals surface area contributed by atoms with Gasteiger partial charge in [0.15, 0.2) is 17.4 Å². The summed E-state index contributed by atoms with van der Waals surface area (Å²) in [4.78, 5) is 0. The van der Waals surface area contributed by atoms with Crippen LogP contribution >= 0.6 is 0 Å². The van der Waals surface area contributed by atoms with Crippen molar-refractivity contribution >= 4 is 11.9 Å². The van der Waals surface area contributed by atoms with Crippen LogP contribution < -0.4 is 10.2 Å². The SMILES string of the molecule is COc1c(F)cc(C=NNc2ccccc2)cc1F. The van der Waals surface area contributed by atoms with Gasteiger partial charge in [0.1, 0.15) is 0 Å². The molecule has 0 unspecified atom stereocenters. The van der Waals surface area contributed by atoms with Crippen LogP contribution in [-0.2, 0) is 0 Å². The predicted molar refractivity (Wildman–Crippen MR) is 70.6 cm³/mol. The van der Waals surface area contributed by atoms with Crippen LogP contribution in [0.15, 0.2) is 47.6 Å². The molecule has 0 aliphatic carbocycles. The van der Waals surface area contributed by atoms with Gasteiger partial charge in [0, 0.05) is 5.56 Å². The molecule has 0 aromatic heterocycles. The van der Waals surface area contributed by atoms with Gasteiger partial charge in [0.25, 0.3) is 0 Å². The first-order valence-corrected chi connectivity index (χ1v) is 5.58. The lowest BCUT2D eigenvalue weighted by molar-refractivity contribution is 0.360. The second kappa shape index (κ2) is 5.95. The minimum absolute atomic E-state index is 0.305. The molecule has 98 valence electrons. The molecule has 0 saturated carbocycles. The van der Waals surface area contributed by atoms with Gasteiger partial charge in [-0.1, -0.05) is 18.2 Å². The molecule has 5 heteroatoms. The highest BCUT2D eigenvalue weighted by molar-refractivity contribution is 5.80. The number of hydrazone groups is 1. The Bertz CT molecular complexity index is 562. The van der Waals surface area contributed by atoms with Crippen molar-refractivity contribution < 1.29 is 13.5 Å². The molecule has 3 nitrogen and oxygen atoms in total. The Morgan fingerprint density at radius 1 is 1.11 bits per heavy atom. The van der Waals surface area contributed by atoms with E-state index in [-0.39, 0.29) is 0 Å². The Labute approximate surface area is 109 Å². The molecule has 0 aliphatic heterocycles. The van der Waals surface area contributed by atoms with E-state index in [1.807, 2.05) is 30.3 Å². The molecule has 0 fully saturated rings. The van der Waals surface area contributed by atoms with Gasteiger partial charge in [-0.05, 0) is 24.3 Å². The first-order chi connectivity index (χ1) is 9.20. The maximum atomic E-state index is 13.4. The van der Waals surface area contributed by atoms with Gasteiger partial charge in [-0.15, -0.1) is 0 Å². The predicted octanol–water partition coefficient (Wildman–Crippen LogP) is 3.42. The van der Waals surface area contributed by atoms with Crippen LogP contribution in [0.2, 0.25) is 0 Å². The maximum absolute atomic E-state index is 13.4. The number of nitrogens with one attached hydrogen (secondary N) is 1. The minimum Gasteiger partial charge on any atom is -0.491 e. The third kappa shape index (κ3) is 3.28. The number of anilines is 1. The quantitative estimate of drug-likeness (QED) is 0.676. The van der Waals surface area contributed by atoms with Gasteiger partial charge in [-0.25, -0.2) is 8.78 Å². The lowest BCUT2D eigenvalue weighted by Crippen LogP contribution is -1.96. The van der Waals surface area contributed by atoms with Crippen molar-refractivity contribution in [1.82, 2.24) is 0 Å². The fourth-order valence-electron chi connectivity index (χ4n) is 1.54. The molecule has 2 aromatic rings. The molecule has 0 bridgehead atoms. The molecule has 0 spiro atoms. The highest BCUT2D eigenvalue weighted by Gasteiger charge is 2.10. The first kappa shape index (κ1) is 13.0. The van der Waals surface area contributed by atoms with E-state index in [4.69, 9.17) is 0 Å². The average Bonchev–Trinajstić information content (AvgIpc) is 2.40. The molecular formula is C14H12F2N2O. The van der Waals surface area contributed by atoms with Crippen molar-refractivity contribution in [3.63, 3.8) is 0 Å². The van der Waals surface area contributed by atoms with Gasteiger partial charge < -0.3 is 4.74 Å². The van der Waals surface area contributed by atoms with Crippen molar-refractivity contribution in [2.75, 3.05) is 12.5 Å². The highest BCUT2D eigenvalue weighted by atomic mass is 19.1. The van der Waals surface area contributed by atoms with E-state index in [9.17, 15) is 8.78 Å². The van der Waals surface area contributed by atoms with Gasteiger partial charge in [0.2, 0.25) is 0 Å². The fourth-order valence-corrected chi connectivity index (χ4v) is 1.54. The van der Waals surface area contributed by atoms with Gasteiger partial charge >= 0.3 is 0 Å². The van der Waals surface area contributed by atoms with E-state index in [0.717, 1.165) is 17.8 Å². The number of hydrogen-bond acceptors (Lipinski definition) is 3. The number of rotatable bonds is 4. The summed E-state index contributed by atoms with van der Waals surface area (Å²) in [5.41, 5.74) is 3.84. The third-order valence-electron chi connectivity index (χ3n) is 2.41. The summed E-state index contributed by atoms with van der Waals surface area (Å²) in [5.74, 6) is -1.92. The lowest BCUT2D eigenvalue weighted by atomic mass is 10.2. The molecule has 0 saturated heterocycles. The molecule has 0 radical (unpaired) electrons. The van der Waals surface area contributed by atoms with Crippen molar-refractivity contribution in [3.8, 4) is 5.75 Å². The molecule has 19 heavy (non-hydrogen) atoms. The Hall–Kier alpha value is -2.43. The Balaban J connectivity index is 2.11. The number of halogens is 2. The summed E-state index contributed by atoms with van der Waals surface area (Å²) in [6.07, 6.45) is 1.33. The largest absolute Gasteiger partial charge is 0.491 e. The zero-order chi connectivity index (χ0) is 13.7. The van der Waals surface area contributed by atoms with Crippen LogP contribution in [0.1, 0.15) is 5.56 Å². The summed E-state index contributed by atoms with van der Waals surface area (Å²) >= 11 is 0. The Morgan fingerprint density at radius 2 is 1.74 bits per heavy atom. The summed E-state index contributed by atoms with van der Waals surface area (Å²) < 4.78 is 31.4. The van der Waals surface area contributed by atoms with Crippen LogP contribution in [0.4, 0.5) is 14.5 Å². The first-order valence-electron chi connectivity index (χ1n) is 5.58. The second-order valence-electron chi connectivity index (χ2n) is 3.75. The average molecular weight is 262 g/mol.